The fourth-order valence-electron chi connectivity index (χ4n) is 5.76. The molecule has 0 spiro atoms. The van der Waals surface area contributed by atoms with Gasteiger partial charge in [-0.05, 0) is 77.0 Å². The van der Waals surface area contributed by atoms with Crippen LogP contribution in [0.3, 0.4) is 0 Å². The molecule has 1 fully saturated rings. The number of hydrogen-bond donors (Lipinski definition) is 3. The Kier molecular flexibility index (Phi) is 34.4. The minimum Gasteiger partial charge on any atom is -0.462 e. The molecule has 1 aliphatic heterocycles. The Hall–Kier alpha value is -2.63. The zero-order valence-electron chi connectivity index (χ0n) is 35.7. The van der Waals surface area contributed by atoms with E-state index >= 15 is 0 Å². The predicted octanol–water partition coefficient (Wildman–Crippen LogP) is 10.7. The molecule has 0 bridgehead atoms. The zero-order chi connectivity index (χ0) is 42.4. The van der Waals surface area contributed by atoms with Gasteiger partial charge in [-0.1, -0.05) is 138 Å². The van der Waals surface area contributed by atoms with Crippen LogP contribution in [0.25, 0.3) is 0 Å². The van der Waals surface area contributed by atoms with E-state index in [4.69, 9.17) is 23.8 Å². The van der Waals surface area contributed by atoms with Gasteiger partial charge >= 0.3 is 19.8 Å². The summed E-state index contributed by atoms with van der Waals surface area (Å²) in [5, 5.41) is 18.3. The summed E-state index contributed by atoms with van der Waals surface area (Å²) in [6.07, 6.45) is 44.9. The van der Waals surface area contributed by atoms with Crippen molar-refractivity contribution in [3.63, 3.8) is 0 Å². The maximum atomic E-state index is 12.6. The second-order valence-corrected chi connectivity index (χ2v) is 16.2. The average Bonchev–Trinajstić information content (AvgIpc) is 3.97. The van der Waals surface area contributed by atoms with E-state index in [-0.39, 0.29) is 19.4 Å². The summed E-state index contributed by atoms with van der Waals surface area (Å²) in [5.41, 5.74) is 0. The van der Waals surface area contributed by atoms with Crippen LogP contribution in [0.15, 0.2) is 72.9 Å². The van der Waals surface area contributed by atoms with Gasteiger partial charge in [-0.3, -0.25) is 18.6 Å². The first-order valence-corrected chi connectivity index (χ1v) is 23.5. The third kappa shape index (κ3) is 34.3. The first kappa shape index (κ1) is 53.4. The minimum absolute atomic E-state index is 0.109. The lowest BCUT2D eigenvalue weighted by atomic mass is 10.1. The Bertz CT molecular complexity index is 1260. The molecule has 0 amide bonds. The number of hydrogen-bond acceptors (Lipinski definition) is 10. The molecule has 3 N–H and O–H groups in total. The molecular formula is C46H77O11P. The fourth-order valence-corrected chi connectivity index (χ4v) is 6.55. The number of allylic oxidation sites excluding steroid dienone is 10. The van der Waals surface area contributed by atoms with Gasteiger partial charge in [0.25, 0.3) is 0 Å². The van der Waals surface area contributed by atoms with Crippen LogP contribution in [0.1, 0.15) is 155 Å². The molecule has 0 saturated carbocycles. The molecule has 1 heterocycles. The molecule has 1 saturated heterocycles. The first-order valence-electron chi connectivity index (χ1n) is 22.0. The second-order valence-electron chi connectivity index (χ2n) is 14.7. The van der Waals surface area contributed by atoms with Crippen molar-refractivity contribution in [3.05, 3.63) is 72.9 Å². The van der Waals surface area contributed by atoms with Crippen LogP contribution < -0.4 is 0 Å². The van der Waals surface area contributed by atoms with Gasteiger partial charge in [0.15, 0.2) is 6.10 Å². The molecule has 12 heteroatoms. The molecule has 0 aromatic rings. The lowest BCUT2D eigenvalue weighted by molar-refractivity contribution is -0.161. The quantitative estimate of drug-likeness (QED) is 0.0178. The Labute approximate surface area is 350 Å². The third-order valence-electron chi connectivity index (χ3n) is 9.26. The topological polar surface area (TPSA) is 161 Å². The van der Waals surface area contributed by atoms with Crippen LogP contribution in [-0.2, 0) is 37.4 Å². The van der Waals surface area contributed by atoms with Crippen LogP contribution in [0.4, 0.5) is 0 Å². The Morgan fingerprint density at radius 2 is 1.14 bits per heavy atom. The van der Waals surface area contributed by atoms with Crippen molar-refractivity contribution < 1.29 is 52.5 Å². The van der Waals surface area contributed by atoms with Gasteiger partial charge in [-0.2, -0.15) is 0 Å². The molecule has 0 aliphatic carbocycles. The van der Waals surface area contributed by atoms with Crippen molar-refractivity contribution in [2.24, 2.45) is 0 Å². The van der Waals surface area contributed by atoms with E-state index in [1.165, 1.54) is 44.9 Å². The van der Waals surface area contributed by atoms with Gasteiger partial charge < -0.3 is 29.3 Å². The Morgan fingerprint density at radius 3 is 1.74 bits per heavy atom. The molecule has 5 atom stereocenters. The minimum atomic E-state index is -4.64. The molecule has 3 unspecified atom stereocenters. The normalized spacial score (nSPS) is 18.0. The van der Waals surface area contributed by atoms with Crippen LogP contribution in [-0.4, -0.2) is 77.9 Å². The highest BCUT2D eigenvalue weighted by atomic mass is 31.2. The zero-order valence-corrected chi connectivity index (χ0v) is 36.6. The van der Waals surface area contributed by atoms with E-state index in [0.717, 1.165) is 70.6 Å². The van der Waals surface area contributed by atoms with Crippen LogP contribution >= 0.6 is 7.82 Å². The van der Waals surface area contributed by atoms with E-state index in [1.807, 2.05) is 12.2 Å². The number of phosphoric ester groups is 1. The lowest BCUT2D eigenvalue weighted by Crippen LogP contribution is -2.29. The molecule has 58 heavy (non-hydrogen) atoms. The highest BCUT2D eigenvalue weighted by Gasteiger charge is 2.36. The average molecular weight is 837 g/mol. The lowest BCUT2D eigenvalue weighted by Gasteiger charge is -2.20. The van der Waals surface area contributed by atoms with Crippen LogP contribution in [0.5, 0.6) is 0 Å². The van der Waals surface area contributed by atoms with Crippen molar-refractivity contribution in [1.29, 1.82) is 0 Å². The number of aliphatic hydroxyl groups excluding tert-OH is 2. The fraction of sp³-hybridized carbons (Fsp3) is 0.696. The number of epoxide rings is 1. The van der Waals surface area contributed by atoms with E-state index in [2.05, 4.69) is 79.1 Å². The number of carbonyl (C=O) groups is 2. The highest BCUT2D eigenvalue weighted by Crippen LogP contribution is 2.43. The van der Waals surface area contributed by atoms with E-state index < -0.39 is 51.8 Å². The maximum absolute atomic E-state index is 12.6. The van der Waals surface area contributed by atoms with Crippen molar-refractivity contribution in [2.75, 3.05) is 26.4 Å². The number of rotatable bonds is 39. The van der Waals surface area contributed by atoms with Gasteiger partial charge in [0, 0.05) is 12.8 Å². The summed E-state index contributed by atoms with van der Waals surface area (Å²) < 4.78 is 38.3. The molecule has 0 aromatic heterocycles. The standard InChI is InChI=1S/C46H77O11P/c1-3-5-7-8-9-10-11-12-13-14-19-22-25-28-32-36-46(50)56-42(40-55-58(51,52)54-38-41(48)37-47)39-53-45(49)35-31-27-24-21-18-16-15-17-20-23-26-30-34-44-43(57-44)33-29-6-4-2/h6,10-11,16-18,20,24,26-27,29-30,41-44,47-48H,3-5,7-9,12-15,19,21-23,25,28,31-40H2,1-2H3,(H,51,52)/b11-10-,18-16-,20-17-,27-24-,29-6-,30-26-/t41-,42+,43?,44?/m0/s1. The molecule has 11 nitrogen and oxygen atoms in total. The smallest absolute Gasteiger partial charge is 0.462 e. The molecular weight excluding hydrogens is 759 g/mol. The maximum Gasteiger partial charge on any atom is 0.472 e. The molecule has 1 aliphatic rings. The summed E-state index contributed by atoms with van der Waals surface area (Å²) >= 11 is 0. The van der Waals surface area contributed by atoms with Crippen molar-refractivity contribution in [1.82, 2.24) is 0 Å². The largest absolute Gasteiger partial charge is 0.472 e. The predicted molar refractivity (Wildman–Crippen MR) is 232 cm³/mol. The first-order chi connectivity index (χ1) is 28.2. The van der Waals surface area contributed by atoms with Crippen LogP contribution in [0.2, 0.25) is 0 Å². The number of unbranched alkanes of at least 4 members (excludes halogenated alkanes) is 11. The van der Waals surface area contributed by atoms with E-state index in [9.17, 15) is 24.2 Å². The summed E-state index contributed by atoms with van der Waals surface area (Å²) in [6, 6.07) is 0. The number of aliphatic hydroxyl groups is 2. The van der Waals surface area contributed by atoms with E-state index in [1.54, 1.807) is 0 Å². The molecule has 332 valence electrons. The monoisotopic (exact) mass is 837 g/mol. The molecule has 1 rings (SSSR count). The summed E-state index contributed by atoms with van der Waals surface area (Å²) in [6.45, 7) is 2.14. The van der Waals surface area contributed by atoms with Crippen molar-refractivity contribution in [2.45, 2.75) is 180 Å². The van der Waals surface area contributed by atoms with Gasteiger partial charge in [0.1, 0.15) is 12.7 Å². The Balaban J connectivity index is 2.29. The molecule has 0 radical (unpaired) electrons. The number of ether oxygens (including phenoxy) is 3. The highest BCUT2D eigenvalue weighted by molar-refractivity contribution is 7.47. The SMILES string of the molecule is CC/C=C\CC1OC1C/C=C\C/C=C\C/C=C\C/C=C\CCC(=O)OC[C@H](COP(=O)(O)OC[C@@H](O)CO)OC(=O)CCCCCCCCC/C=C\CCCCCC. The van der Waals surface area contributed by atoms with Crippen molar-refractivity contribution >= 4 is 19.8 Å². The van der Waals surface area contributed by atoms with Crippen LogP contribution in [0, 0.1) is 0 Å². The van der Waals surface area contributed by atoms with Gasteiger partial charge in [0.05, 0.1) is 32.0 Å². The third-order valence-corrected chi connectivity index (χ3v) is 10.2. The Morgan fingerprint density at radius 1 is 0.621 bits per heavy atom. The van der Waals surface area contributed by atoms with E-state index in [0.29, 0.717) is 25.0 Å². The summed E-state index contributed by atoms with van der Waals surface area (Å²) in [5.74, 6) is -1.04. The van der Waals surface area contributed by atoms with Gasteiger partial charge in [0.2, 0.25) is 0 Å². The number of esters is 2. The summed E-state index contributed by atoms with van der Waals surface area (Å²) in [7, 11) is -4.64. The van der Waals surface area contributed by atoms with Gasteiger partial charge in [-0.25, -0.2) is 4.57 Å². The molecule has 0 aromatic carbocycles. The van der Waals surface area contributed by atoms with Crippen molar-refractivity contribution in [3.8, 4) is 0 Å². The number of carbonyl (C=O) groups excluding carboxylic acids is 2. The summed E-state index contributed by atoms with van der Waals surface area (Å²) in [4.78, 5) is 35.0. The number of phosphoric acid groups is 1. The second kappa shape index (κ2) is 37.4. The van der Waals surface area contributed by atoms with Gasteiger partial charge in [-0.15, -0.1) is 0 Å².